The van der Waals surface area contributed by atoms with E-state index in [9.17, 15) is 0 Å². The first-order chi connectivity index (χ1) is 24.3. The summed E-state index contributed by atoms with van der Waals surface area (Å²) in [4.78, 5) is 2.44. The molecule has 0 fully saturated rings. The highest BCUT2D eigenvalue weighted by molar-refractivity contribution is 7.26. The Morgan fingerprint density at radius 2 is 1.14 bits per heavy atom. The first kappa shape index (κ1) is 27.9. The van der Waals surface area contributed by atoms with Crippen LogP contribution in [0.2, 0.25) is 0 Å². The SMILES string of the molecule is c1ccc(-c2ccc3cc(N(c4c(-c5ccccc5)ccc5c4oc4ccccc45)c4cccc5sc6ccccc6c45)ccc3c2)cc1. The largest absolute Gasteiger partial charge is 0.454 e. The van der Waals surface area contributed by atoms with Gasteiger partial charge in [0.2, 0.25) is 0 Å². The molecule has 0 aliphatic heterocycles. The number of hydrogen-bond donors (Lipinski definition) is 0. The number of para-hydroxylation sites is 1. The van der Waals surface area contributed by atoms with E-state index in [1.165, 1.54) is 42.1 Å². The highest BCUT2D eigenvalue weighted by atomic mass is 32.1. The molecule has 2 aromatic heterocycles. The summed E-state index contributed by atoms with van der Waals surface area (Å²) >= 11 is 1.84. The van der Waals surface area contributed by atoms with Crippen molar-refractivity contribution in [2.24, 2.45) is 0 Å². The second-order valence-corrected chi connectivity index (χ2v) is 13.6. The number of furan rings is 1. The average molecular weight is 644 g/mol. The molecule has 10 aromatic rings. The van der Waals surface area contributed by atoms with E-state index in [2.05, 4.69) is 175 Å². The predicted molar refractivity (Wildman–Crippen MR) is 210 cm³/mol. The van der Waals surface area contributed by atoms with Gasteiger partial charge >= 0.3 is 0 Å². The minimum atomic E-state index is 0.874. The first-order valence-corrected chi connectivity index (χ1v) is 17.4. The third-order valence-electron chi connectivity index (χ3n) is 9.64. The number of thiophene rings is 1. The highest BCUT2D eigenvalue weighted by Gasteiger charge is 2.26. The number of nitrogens with zero attached hydrogens (tertiary/aromatic N) is 1. The van der Waals surface area contributed by atoms with Crippen LogP contribution in [0.4, 0.5) is 17.1 Å². The van der Waals surface area contributed by atoms with Gasteiger partial charge in [-0.3, -0.25) is 0 Å². The maximum Gasteiger partial charge on any atom is 0.160 e. The zero-order chi connectivity index (χ0) is 32.3. The second-order valence-electron chi connectivity index (χ2n) is 12.5. The fraction of sp³-hybridized carbons (Fsp3) is 0. The zero-order valence-electron chi connectivity index (χ0n) is 26.5. The summed E-state index contributed by atoms with van der Waals surface area (Å²) in [5.74, 6) is 0. The van der Waals surface area contributed by atoms with Gasteiger partial charge in [0.1, 0.15) is 5.58 Å². The van der Waals surface area contributed by atoms with Gasteiger partial charge in [-0.2, -0.15) is 0 Å². The maximum atomic E-state index is 6.86. The molecule has 8 aromatic carbocycles. The zero-order valence-corrected chi connectivity index (χ0v) is 27.3. The van der Waals surface area contributed by atoms with Crippen LogP contribution >= 0.6 is 11.3 Å². The molecule has 10 rings (SSSR count). The normalized spacial score (nSPS) is 11.7. The van der Waals surface area contributed by atoms with E-state index in [1.807, 2.05) is 17.4 Å². The van der Waals surface area contributed by atoms with Gasteiger partial charge in [-0.05, 0) is 76.0 Å². The van der Waals surface area contributed by atoms with E-state index in [0.29, 0.717) is 0 Å². The number of benzene rings is 8. The van der Waals surface area contributed by atoms with Crippen LogP contribution in [-0.4, -0.2) is 0 Å². The van der Waals surface area contributed by atoms with Crippen molar-refractivity contribution in [3.05, 3.63) is 176 Å². The van der Waals surface area contributed by atoms with Crippen LogP contribution in [0, 0.1) is 0 Å². The van der Waals surface area contributed by atoms with Crippen LogP contribution in [0.3, 0.4) is 0 Å². The average Bonchev–Trinajstić information content (AvgIpc) is 3.75. The maximum absolute atomic E-state index is 6.86. The molecule has 0 unspecified atom stereocenters. The van der Waals surface area contributed by atoms with E-state index >= 15 is 0 Å². The van der Waals surface area contributed by atoms with E-state index in [0.717, 1.165) is 50.1 Å². The lowest BCUT2D eigenvalue weighted by atomic mass is 9.97. The summed E-state index contributed by atoms with van der Waals surface area (Å²) in [6.07, 6.45) is 0. The Labute approximate surface area is 287 Å². The fourth-order valence-corrected chi connectivity index (χ4v) is 8.49. The number of anilines is 3. The molecule has 0 aliphatic carbocycles. The van der Waals surface area contributed by atoms with Crippen molar-refractivity contribution in [3.8, 4) is 22.3 Å². The topological polar surface area (TPSA) is 16.4 Å². The molecule has 0 spiro atoms. The number of fused-ring (bicyclic) bond motifs is 7. The van der Waals surface area contributed by atoms with Crippen LogP contribution in [0.1, 0.15) is 0 Å². The molecule has 0 N–H and O–H groups in total. The molecule has 2 heterocycles. The highest BCUT2D eigenvalue weighted by Crippen LogP contribution is 2.51. The molecule has 0 bridgehead atoms. The van der Waals surface area contributed by atoms with E-state index in [1.54, 1.807) is 0 Å². The van der Waals surface area contributed by atoms with Crippen molar-refractivity contribution >= 4 is 81.3 Å². The molecule has 2 nitrogen and oxygen atoms in total. The Morgan fingerprint density at radius 3 is 2.00 bits per heavy atom. The van der Waals surface area contributed by atoms with Crippen LogP contribution in [0.5, 0.6) is 0 Å². The number of hydrogen-bond acceptors (Lipinski definition) is 3. The Kier molecular flexibility index (Phi) is 6.39. The Hall–Kier alpha value is -6.16. The third-order valence-corrected chi connectivity index (χ3v) is 10.8. The standard InChI is InChI=1S/C46H29NOS/c1-3-12-30(13-4-1)32-22-23-34-29-35(25-24-33(34)28-32)47(40-18-11-21-43-44(40)39-17-8-10-20-42(39)49-43)45-36(31-14-5-2-6-15-31)26-27-38-37-16-7-9-19-41(37)48-46(38)45/h1-29H. The van der Waals surface area contributed by atoms with Gasteiger partial charge < -0.3 is 9.32 Å². The van der Waals surface area contributed by atoms with Crippen molar-refractivity contribution in [1.82, 2.24) is 0 Å². The van der Waals surface area contributed by atoms with Crippen molar-refractivity contribution < 1.29 is 4.42 Å². The second kappa shape index (κ2) is 11.2. The van der Waals surface area contributed by atoms with Crippen molar-refractivity contribution in [1.29, 1.82) is 0 Å². The Balaban J connectivity index is 1.31. The molecular weight excluding hydrogens is 615 g/mol. The molecule has 0 saturated carbocycles. The van der Waals surface area contributed by atoms with Crippen LogP contribution in [0.15, 0.2) is 180 Å². The lowest BCUT2D eigenvalue weighted by molar-refractivity contribution is 0.669. The third kappa shape index (κ3) is 4.55. The Morgan fingerprint density at radius 1 is 0.449 bits per heavy atom. The molecule has 0 saturated heterocycles. The van der Waals surface area contributed by atoms with Gasteiger partial charge in [0.25, 0.3) is 0 Å². The van der Waals surface area contributed by atoms with E-state index < -0.39 is 0 Å². The van der Waals surface area contributed by atoms with Crippen LogP contribution in [-0.2, 0) is 0 Å². The summed E-state index contributed by atoms with van der Waals surface area (Å²) in [7, 11) is 0. The smallest absolute Gasteiger partial charge is 0.160 e. The van der Waals surface area contributed by atoms with Gasteiger partial charge in [0.15, 0.2) is 5.58 Å². The summed E-state index contributed by atoms with van der Waals surface area (Å²) in [5, 5.41) is 7.11. The molecule has 0 aliphatic rings. The van der Waals surface area contributed by atoms with Crippen molar-refractivity contribution in [2.45, 2.75) is 0 Å². The quantitative estimate of drug-likeness (QED) is 0.186. The summed E-state index contributed by atoms with van der Waals surface area (Å²) in [6.45, 7) is 0. The van der Waals surface area contributed by atoms with Gasteiger partial charge in [0, 0.05) is 42.2 Å². The first-order valence-electron chi connectivity index (χ1n) is 16.6. The summed E-state index contributed by atoms with van der Waals surface area (Å²) in [6, 6.07) is 63.2. The fourth-order valence-electron chi connectivity index (χ4n) is 7.36. The Bertz CT molecular complexity index is 2830. The molecule has 230 valence electrons. The monoisotopic (exact) mass is 643 g/mol. The summed E-state index contributed by atoms with van der Waals surface area (Å²) in [5.41, 5.74) is 9.68. The minimum Gasteiger partial charge on any atom is -0.454 e. The lowest BCUT2D eigenvalue weighted by Crippen LogP contribution is -2.12. The molecule has 0 atom stereocenters. The van der Waals surface area contributed by atoms with Gasteiger partial charge in [-0.15, -0.1) is 11.3 Å². The van der Waals surface area contributed by atoms with Crippen molar-refractivity contribution in [3.63, 3.8) is 0 Å². The molecule has 0 amide bonds. The molecule has 3 heteroatoms. The van der Waals surface area contributed by atoms with E-state index in [-0.39, 0.29) is 0 Å². The van der Waals surface area contributed by atoms with Crippen LogP contribution < -0.4 is 4.90 Å². The molecule has 49 heavy (non-hydrogen) atoms. The minimum absolute atomic E-state index is 0.874. The summed E-state index contributed by atoms with van der Waals surface area (Å²) < 4.78 is 9.40. The molecule has 0 radical (unpaired) electrons. The van der Waals surface area contributed by atoms with Gasteiger partial charge in [-0.1, -0.05) is 127 Å². The van der Waals surface area contributed by atoms with Gasteiger partial charge in [-0.25, -0.2) is 0 Å². The van der Waals surface area contributed by atoms with Crippen LogP contribution in [0.25, 0.3) is 75.1 Å². The molecular formula is C46H29NOS. The van der Waals surface area contributed by atoms with Gasteiger partial charge in [0.05, 0.1) is 11.4 Å². The van der Waals surface area contributed by atoms with Crippen molar-refractivity contribution in [2.75, 3.05) is 4.90 Å². The van der Waals surface area contributed by atoms with E-state index in [4.69, 9.17) is 4.42 Å². The predicted octanol–water partition coefficient (Wildman–Crippen LogP) is 13.9. The lowest BCUT2D eigenvalue weighted by Gasteiger charge is -2.29. The number of rotatable bonds is 5.